The predicted molar refractivity (Wildman–Crippen MR) is 203 cm³/mol. The van der Waals surface area contributed by atoms with Crippen LogP contribution in [0.25, 0.3) is 0 Å². The lowest BCUT2D eigenvalue weighted by Gasteiger charge is -2.25. The van der Waals surface area contributed by atoms with Crippen LogP contribution >= 0.6 is 180 Å². The summed E-state index contributed by atoms with van der Waals surface area (Å²) in [5.74, 6) is 10.9. The third-order valence-corrected chi connectivity index (χ3v) is 27.4. The van der Waals surface area contributed by atoms with Gasteiger partial charge in [-0.1, -0.05) is 86.4 Å². The maximum Gasteiger partial charge on any atom is 0.0730 e. The van der Waals surface area contributed by atoms with E-state index in [-0.39, 0.29) is 0 Å². The maximum absolute atomic E-state index is 2.23. The Balaban J connectivity index is 1.16. The summed E-state index contributed by atoms with van der Waals surface area (Å²) in [6, 6.07) is 0. The van der Waals surface area contributed by atoms with Gasteiger partial charge >= 0.3 is 0 Å². The Bertz CT molecular complexity index is 436. The Hall–Kier alpha value is 5.60. The van der Waals surface area contributed by atoms with Gasteiger partial charge in [0.15, 0.2) is 0 Å². The van der Waals surface area contributed by atoms with Crippen LogP contribution in [0.4, 0.5) is 0 Å². The molecular formula is C18H30S16. The topological polar surface area (TPSA) is 0 Å². The molecule has 4 atom stereocenters. The summed E-state index contributed by atoms with van der Waals surface area (Å²) in [5.41, 5.74) is 0. The van der Waals surface area contributed by atoms with Crippen LogP contribution in [0.3, 0.4) is 0 Å². The predicted octanol–water partition coefficient (Wildman–Crippen LogP) is 10.4. The second kappa shape index (κ2) is 20.5. The van der Waals surface area contributed by atoms with E-state index in [1.807, 2.05) is 0 Å². The molecule has 34 heavy (non-hydrogen) atoms. The van der Waals surface area contributed by atoms with Crippen molar-refractivity contribution in [3.8, 4) is 0 Å². The van der Waals surface area contributed by atoms with Crippen LogP contribution < -0.4 is 0 Å². The third kappa shape index (κ3) is 17.5. The maximum atomic E-state index is 2.23. The first-order valence-electron chi connectivity index (χ1n) is 10.8. The van der Waals surface area contributed by atoms with Crippen molar-refractivity contribution in [3.63, 3.8) is 0 Å². The van der Waals surface area contributed by atoms with E-state index in [1.165, 1.54) is 66.4 Å². The molecule has 0 N–H and O–H groups in total. The van der Waals surface area contributed by atoms with Crippen molar-refractivity contribution in [1.82, 2.24) is 0 Å². The van der Waals surface area contributed by atoms with Crippen molar-refractivity contribution in [2.45, 2.75) is 30.2 Å². The van der Waals surface area contributed by atoms with Crippen molar-refractivity contribution in [2.75, 3.05) is 66.4 Å². The van der Waals surface area contributed by atoms with E-state index >= 15 is 0 Å². The van der Waals surface area contributed by atoms with E-state index in [1.54, 1.807) is 0 Å². The molecule has 4 rings (SSSR count). The van der Waals surface area contributed by atoms with Gasteiger partial charge in [0, 0.05) is 67.0 Å². The summed E-state index contributed by atoms with van der Waals surface area (Å²) in [7, 11) is 16.8. The smallest absolute Gasteiger partial charge is 0.0730 e. The van der Waals surface area contributed by atoms with Gasteiger partial charge in [-0.05, 0) is 0 Å². The average molecular weight is 760 g/mol. The lowest BCUT2D eigenvalue weighted by atomic mass is 10.6. The lowest BCUT2D eigenvalue weighted by molar-refractivity contribution is 1.28. The van der Waals surface area contributed by atoms with E-state index in [4.69, 9.17) is 0 Å². The third-order valence-electron chi connectivity index (χ3n) is 4.30. The van der Waals surface area contributed by atoms with Crippen LogP contribution in [0.1, 0.15) is 0 Å². The Morgan fingerprint density at radius 2 is 0.647 bits per heavy atom. The standard InChI is InChI=1S/C18H30S16/c1-13(19-1)5-27-31-9-23-17(24-10-32-28-6-14-2-20-14)18(25-11-33-29-7-15-3-21-15)26-12-34-30-8-16-4-22-16/h13-18H,1-12H2. The van der Waals surface area contributed by atoms with Crippen LogP contribution in [-0.4, -0.2) is 96.5 Å². The molecule has 0 aromatic carbocycles. The summed E-state index contributed by atoms with van der Waals surface area (Å²) >= 11 is 17.4. The normalized spacial score (nSPS) is 28.6. The molecule has 16 heteroatoms. The molecule has 0 saturated carbocycles. The van der Waals surface area contributed by atoms with Crippen molar-refractivity contribution < 1.29 is 0 Å². The van der Waals surface area contributed by atoms with Crippen molar-refractivity contribution in [1.29, 1.82) is 0 Å². The van der Waals surface area contributed by atoms with Crippen LogP contribution in [0, 0.1) is 0 Å². The molecule has 4 saturated heterocycles. The van der Waals surface area contributed by atoms with Gasteiger partial charge in [-0.15, -0.1) is 47.0 Å². The van der Waals surface area contributed by atoms with Crippen LogP contribution in [0.5, 0.6) is 0 Å². The van der Waals surface area contributed by atoms with E-state index in [0.29, 0.717) is 9.16 Å². The summed E-state index contributed by atoms with van der Waals surface area (Å²) in [6.45, 7) is 0. The zero-order valence-corrected chi connectivity index (χ0v) is 31.5. The van der Waals surface area contributed by atoms with Crippen molar-refractivity contribution >= 4 is 180 Å². The number of thioether (sulfide) groups is 8. The summed E-state index contributed by atoms with van der Waals surface area (Å²) < 4.78 is 1.38. The van der Waals surface area contributed by atoms with Gasteiger partial charge in [0.2, 0.25) is 0 Å². The SMILES string of the molecule is C(SSCC1CS1)SC(SCSSCC1CS1)C(SCSSCC1CS1)SCSSCC1CS1. The molecule has 0 amide bonds. The minimum absolute atomic E-state index is 0.691. The molecule has 4 aliphatic rings. The highest BCUT2D eigenvalue weighted by atomic mass is 33.1. The molecule has 0 radical (unpaired) electrons. The van der Waals surface area contributed by atoms with Crippen molar-refractivity contribution in [2.24, 2.45) is 0 Å². The Kier molecular flexibility index (Phi) is 19.6. The molecule has 0 aromatic heterocycles. The van der Waals surface area contributed by atoms with Gasteiger partial charge < -0.3 is 0 Å². The molecule has 0 nitrogen and oxygen atoms in total. The molecule has 0 bridgehead atoms. The van der Waals surface area contributed by atoms with Crippen LogP contribution in [0.2, 0.25) is 0 Å². The minimum Gasteiger partial charge on any atom is -0.156 e. The molecule has 4 unspecified atom stereocenters. The van der Waals surface area contributed by atoms with Gasteiger partial charge in [0.25, 0.3) is 0 Å². The Morgan fingerprint density at radius 3 is 0.853 bits per heavy atom. The average Bonchev–Trinajstić information content (AvgIpc) is 3.67. The van der Waals surface area contributed by atoms with Crippen molar-refractivity contribution in [3.05, 3.63) is 0 Å². The summed E-state index contributed by atoms with van der Waals surface area (Å²) in [6.07, 6.45) is 0. The largest absolute Gasteiger partial charge is 0.156 e. The molecule has 4 heterocycles. The fraction of sp³-hybridized carbons (Fsp3) is 1.00. The van der Waals surface area contributed by atoms with Gasteiger partial charge in [-0.2, -0.15) is 47.0 Å². The Morgan fingerprint density at radius 1 is 0.412 bits per heavy atom. The first-order valence-corrected chi connectivity index (χ1v) is 29.1. The molecule has 0 aliphatic carbocycles. The zero-order valence-electron chi connectivity index (χ0n) is 18.5. The highest BCUT2D eigenvalue weighted by Crippen LogP contribution is 2.48. The fourth-order valence-corrected chi connectivity index (χ4v) is 25.5. The van der Waals surface area contributed by atoms with Crippen LogP contribution in [-0.2, 0) is 0 Å². The van der Waals surface area contributed by atoms with Gasteiger partial charge in [-0.25, -0.2) is 0 Å². The minimum atomic E-state index is 0.691. The van der Waals surface area contributed by atoms with E-state index in [2.05, 4.69) is 180 Å². The second-order valence-corrected chi connectivity index (χ2v) is 29.2. The lowest BCUT2D eigenvalue weighted by Crippen LogP contribution is -2.14. The first-order chi connectivity index (χ1) is 16.9. The van der Waals surface area contributed by atoms with E-state index < -0.39 is 0 Å². The van der Waals surface area contributed by atoms with Gasteiger partial charge in [-0.3, -0.25) is 0 Å². The number of hydrogen-bond donors (Lipinski definition) is 0. The second-order valence-electron chi connectivity index (χ2n) is 7.31. The quantitative estimate of drug-likeness (QED) is 0.0375. The molecule has 4 aliphatic heterocycles. The van der Waals surface area contributed by atoms with Gasteiger partial charge in [0.05, 0.1) is 29.5 Å². The first kappa shape index (κ1) is 32.5. The van der Waals surface area contributed by atoms with E-state index in [0.717, 1.165) is 21.0 Å². The highest BCUT2D eigenvalue weighted by Gasteiger charge is 2.27. The summed E-state index contributed by atoms with van der Waals surface area (Å²) in [4.78, 5) is 0. The zero-order chi connectivity index (χ0) is 23.3. The molecule has 4 fully saturated rings. The van der Waals surface area contributed by atoms with E-state index in [9.17, 15) is 0 Å². The monoisotopic (exact) mass is 758 g/mol. The highest BCUT2D eigenvalue weighted by molar-refractivity contribution is 8.79. The summed E-state index contributed by atoms with van der Waals surface area (Å²) in [5, 5.41) is 8.75. The number of rotatable bonds is 25. The molecule has 0 spiro atoms. The fourth-order valence-electron chi connectivity index (χ4n) is 2.08. The van der Waals surface area contributed by atoms with Gasteiger partial charge in [0.1, 0.15) is 0 Å². The molecule has 0 aromatic rings. The van der Waals surface area contributed by atoms with Crippen LogP contribution in [0.15, 0.2) is 0 Å². The number of hydrogen-bond acceptors (Lipinski definition) is 16. The Labute approximate surface area is 272 Å². The molecule has 198 valence electrons. The molecular weight excluding hydrogens is 729 g/mol.